The van der Waals surface area contributed by atoms with Gasteiger partial charge in [0.05, 0.1) is 12.6 Å². The molecular formula is C23H24N4O3. The van der Waals surface area contributed by atoms with Gasteiger partial charge in [0.2, 0.25) is 0 Å². The van der Waals surface area contributed by atoms with Gasteiger partial charge in [-0.15, -0.1) is 0 Å². The first-order valence-electron chi connectivity index (χ1n) is 10.0. The minimum Gasteiger partial charge on any atom is -0.509 e. The lowest BCUT2D eigenvalue weighted by atomic mass is 10.0. The van der Waals surface area contributed by atoms with Gasteiger partial charge in [0, 0.05) is 17.3 Å². The van der Waals surface area contributed by atoms with E-state index in [0.29, 0.717) is 24.6 Å². The lowest BCUT2D eigenvalue weighted by molar-refractivity contribution is -0.120. The van der Waals surface area contributed by atoms with Crippen LogP contribution in [-0.4, -0.2) is 41.4 Å². The van der Waals surface area contributed by atoms with Crippen molar-refractivity contribution >= 4 is 23.3 Å². The Hall–Kier alpha value is -3.61. The van der Waals surface area contributed by atoms with Crippen LogP contribution in [0.4, 0.5) is 5.69 Å². The molecule has 0 aromatic heterocycles. The van der Waals surface area contributed by atoms with Crippen molar-refractivity contribution in [3.8, 4) is 0 Å². The molecule has 2 aromatic rings. The maximum atomic E-state index is 12.6. The van der Waals surface area contributed by atoms with Crippen LogP contribution in [0.25, 0.3) is 0 Å². The standard InChI is InChI=1S/C23H24N4O3/c1-14-13-24-21(25-14)16-8-10-17(11-9-16)26-22(29)19-20(28)18(27-23(19)30)12-7-15-5-3-2-4-6-15/h2-6,8-11,14,18,28H,7,12-13H2,1H3,(H,24,25)(H,26,29)(H,27,30). The van der Waals surface area contributed by atoms with Gasteiger partial charge in [-0.05, 0) is 49.6 Å². The van der Waals surface area contributed by atoms with Crippen LogP contribution in [0, 0.1) is 0 Å². The molecule has 0 aliphatic carbocycles. The zero-order chi connectivity index (χ0) is 21.1. The van der Waals surface area contributed by atoms with E-state index in [1.807, 2.05) is 42.5 Å². The van der Waals surface area contributed by atoms with Crippen molar-refractivity contribution in [2.75, 3.05) is 11.9 Å². The van der Waals surface area contributed by atoms with Crippen molar-refractivity contribution in [3.05, 3.63) is 77.1 Å². The number of rotatable bonds is 6. The summed E-state index contributed by atoms with van der Waals surface area (Å²) >= 11 is 0. The van der Waals surface area contributed by atoms with E-state index in [4.69, 9.17) is 0 Å². The number of aryl methyl sites for hydroxylation is 1. The van der Waals surface area contributed by atoms with Gasteiger partial charge in [0.1, 0.15) is 17.2 Å². The molecule has 154 valence electrons. The molecular weight excluding hydrogens is 380 g/mol. The molecule has 0 saturated carbocycles. The summed E-state index contributed by atoms with van der Waals surface area (Å²) in [6.45, 7) is 2.80. The number of carbonyl (C=O) groups excluding carboxylic acids is 2. The van der Waals surface area contributed by atoms with Crippen LogP contribution in [0.2, 0.25) is 0 Å². The fourth-order valence-electron chi connectivity index (χ4n) is 3.61. The zero-order valence-electron chi connectivity index (χ0n) is 16.7. The fraction of sp³-hybridized carbons (Fsp3) is 0.261. The predicted octanol–water partition coefficient (Wildman–Crippen LogP) is 2.31. The van der Waals surface area contributed by atoms with Gasteiger partial charge in [-0.25, -0.2) is 0 Å². The number of hydrogen-bond donors (Lipinski definition) is 4. The number of aliphatic imine (C=N–C) groups is 1. The van der Waals surface area contributed by atoms with Crippen LogP contribution in [-0.2, 0) is 16.0 Å². The summed E-state index contributed by atoms with van der Waals surface area (Å²) in [6, 6.07) is 16.7. The van der Waals surface area contributed by atoms with E-state index in [1.165, 1.54) is 0 Å². The third-order valence-corrected chi connectivity index (χ3v) is 5.23. The summed E-state index contributed by atoms with van der Waals surface area (Å²) in [7, 11) is 0. The Labute approximate surface area is 174 Å². The minimum absolute atomic E-state index is 0.205. The molecule has 0 spiro atoms. The molecule has 2 unspecified atom stereocenters. The summed E-state index contributed by atoms with van der Waals surface area (Å²) in [5, 5.41) is 19.1. The number of nitrogens with zero attached hydrogens (tertiary/aromatic N) is 1. The topological polar surface area (TPSA) is 103 Å². The smallest absolute Gasteiger partial charge is 0.264 e. The van der Waals surface area contributed by atoms with Gasteiger partial charge >= 0.3 is 0 Å². The van der Waals surface area contributed by atoms with Crippen LogP contribution in [0.15, 0.2) is 70.9 Å². The lowest BCUT2D eigenvalue weighted by Gasteiger charge is -2.10. The highest BCUT2D eigenvalue weighted by atomic mass is 16.3. The number of amides is 2. The van der Waals surface area contributed by atoms with Gasteiger partial charge in [-0.2, -0.15) is 0 Å². The van der Waals surface area contributed by atoms with Crippen LogP contribution in [0.5, 0.6) is 0 Å². The Kier molecular flexibility index (Phi) is 5.52. The van der Waals surface area contributed by atoms with Crippen molar-refractivity contribution < 1.29 is 14.7 Å². The first kappa shape index (κ1) is 19.7. The number of nitrogens with one attached hydrogen (secondary N) is 3. The summed E-state index contributed by atoms with van der Waals surface area (Å²) < 4.78 is 0. The second-order valence-electron chi connectivity index (χ2n) is 7.58. The number of aliphatic hydroxyl groups excluding tert-OH is 1. The average molecular weight is 404 g/mol. The predicted molar refractivity (Wildman–Crippen MR) is 115 cm³/mol. The summed E-state index contributed by atoms with van der Waals surface area (Å²) in [4.78, 5) is 29.3. The van der Waals surface area contributed by atoms with Gasteiger partial charge in [-0.3, -0.25) is 14.6 Å². The Balaban J connectivity index is 1.40. The first-order chi connectivity index (χ1) is 14.5. The number of benzene rings is 2. The third kappa shape index (κ3) is 4.20. The summed E-state index contributed by atoms with van der Waals surface area (Å²) in [5.74, 6) is -0.552. The molecule has 0 bridgehead atoms. The zero-order valence-corrected chi connectivity index (χ0v) is 16.7. The number of amidine groups is 1. The number of carbonyl (C=O) groups is 2. The molecule has 7 nitrogen and oxygen atoms in total. The second-order valence-corrected chi connectivity index (χ2v) is 7.58. The second kappa shape index (κ2) is 8.41. The molecule has 2 aliphatic rings. The minimum atomic E-state index is -0.620. The summed E-state index contributed by atoms with van der Waals surface area (Å²) in [5.41, 5.74) is 2.34. The monoisotopic (exact) mass is 404 g/mol. The van der Waals surface area contributed by atoms with Crippen molar-refractivity contribution in [3.63, 3.8) is 0 Å². The molecule has 4 rings (SSSR count). The maximum absolute atomic E-state index is 12.6. The molecule has 2 heterocycles. The normalized spacial score (nSPS) is 20.6. The van der Waals surface area contributed by atoms with E-state index < -0.39 is 17.9 Å². The Morgan fingerprint density at radius 3 is 2.53 bits per heavy atom. The molecule has 2 aliphatic heterocycles. The SMILES string of the molecule is CC1CN=C(c2ccc(NC(=O)C3=C(O)C(CCc4ccccc4)NC3=O)cc2)N1. The van der Waals surface area contributed by atoms with Crippen molar-refractivity contribution in [2.24, 2.45) is 4.99 Å². The molecule has 7 heteroatoms. The molecule has 30 heavy (non-hydrogen) atoms. The highest BCUT2D eigenvalue weighted by Crippen LogP contribution is 2.21. The van der Waals surface area contributed by atoms with E-state index in [0.717, 1.165) is 23.5 Å². The third-order valence-electron chi connectivity index (χ3n) is 5.23. The Morgan fingerprint density at radius 2 is 1.87 bits per heavy atom. The summed E-state index contributed by atoms with van der Waals surface area (Å²) in [6.07, 6.45) is 1.20. The van der Waals surface area contributed by atoms with Gasteiger partial charge in [0.15, 0.2) is 0 Å². The van der Waals surface area contributed by atoms with Gasteiger partial charge in [0.25, 0.3) is 11.8 Å². The molecule has 4 N–H and O–H groups in total. The van der Waals surface area contributed by atoms with Crippen molar-refractivity contribution in [1.29, 1.82) is 0 Å². The molecule has 2 aromatic carbocycles. The number of hydrogen-bond acceptors (Lipinski definition) is 5. The quantitative estimate of drug-likeness (QED) is 0.555. The molecule has 0 radical (unpaired) electrons. The van der Waals surface area contributed by atoms with Crippen LogP contribution < -0.4 is 16.0 Å². The molecule has 0 saturated heterocycles. The molecule has 2 atom stereocenters. The van der Waals surface area contributed by atoms with E-state index in [2.05, 4.69) is 27.9 Å². The van der Waals surface area contributed by atoms with Gasteiger partial charge < -0.3 is 21.1 Å². The van der Waals surface area contributed by atoms with E-state index in [-0.39, 0.29) is 11.3 Å². The average Bonchev–Trinajstić information content (AvgIpc) is 3.30. The van der Waals surface area contributed by atoms with E-state index in [1.54, 1.807) is 12.1 Å². The van der Waals surface area contributed by atoms with Crippen LogP contribution in [0.1, 0.15) is 24.5 Å². The van der Waals surface area contributed by atoms with Gasteiger partial charge in [-0.1, -0.05) is 30.3 Å². The number of aliphatic hydroxyl groups is 1. The highest BCUT2D eigenvalue weighted by Gasteiger charge is 2.35. The van der Waals surface area contributed by atoms with E-state index >= 15 is 0 Å². The Morgan fingerprint density at radius 1 is 1.13 bits per heavy atom. The van der Waals surface area contributed by atoms with Crippen molar-refractivity contribution in [2.45, 2.75) is 31.8 Å². The van der Waals surface area contributed by atoms with Crippen molar-refractivity contribution in [1.82, 2.24) is 10.6 Å². The Bertz CT molecular complexity index is 1010. The highest BCUT2D eigenvalue weighted by molar-refractivity contribution is 6.24. The van der Waals surface area contributed by atoms with Crippen LogP contribution in [0.3, 0.4) is 0 Å². The lowest BCUT2D eigenvalue weighted by Crippen LogP contribution is -2.30. The maximum Gasteiger partial charge on any atom is 0.264 e. The molecule has 0 fully saturated rings. The fourth-order valence-corrected chi connectivity index (χ4v) is 3.61. The van der Waals surface area contributed by atoms with Crippen LogP contribution >= 0.6 is 0 Å². The largest absolute Gasteiger partial charge is 0.509 e. The molecule has 2 amide bonds. The number of anilines is 1. The first-order valence-corrected chi connectivity index (χ1v) is 10.0. The van der Waals surface area contributed by atoms with E-state index in [9.17, 15) is 14.7 Å².